The summed E-state index contributed by atoms with van der Waals surface area (Å²) in [5.74, 6) is -1.02. The maximum atomic E-state index is 12.5. The number of carbonyl (C=O) groups is 1. The normalized spacial score (nSPS) is 14.0. The van der Waals surface area contributed by atoms with Gasteiger partial charge in [-0.25, -0.2) is 0 Å². The Morgan fingerprint density at radius 1 is 0.538 bits per heavy atom. The molecule has 0 spiro atoms. The maximum Gasteiger partial charge on any atom is 0.267 e. The van der Waals surface area contributed by atoms with Crippen LogP contribution in [0.3, 0.4) is 0 Å². The van der Waals surface area contributed by atoms with Gasteiger partial charge in [0.15, 0.2) is 0 Å². The van der Waals surface area contributed by atoms with Crippen LogP contribution < -0.4 is 5.32 Å². The summed E-state index contributed by atoms with van der Waals surface area (Å²) < 4.78 is 32.5. The fourth-order valence-electron chi connectivity index (χ4n) is 5.99. The molecule has 0 rings (SSSR count). The SMILES string of the molecule is CC/C=C\C/C=C\C/C=C\C/C=C\CCCCCCCCCCC(=O)NC(CS(=O)(=O)O)C(O)/C=C/CC/C=C/CCCCCCCCCCCC. The maximum absolute atomic E-state index is 12.5. The zero-order valence-electron chi connectivity index (χ0n) is 33.4. The molecule has 0 heterocycles. The lowest BCUT2D eigenvalue weighted by Crippen LogP contribution is -2.46. The number of hydrogen-bond acceptors (Lipinski definition) is 4. The molecule has 0 aliphatic heterocycles. The molecule has 0 aliphatic rings. The Morgan fingerprint density at radius 2 is 0.942 bits per heavy atom. The fraction of sp³-hybridized carbons (Fsp3) is 0.711. The summed E-state index contributed by atoms with van der Waals surface area (Å²) in [5.41, 5.74) is 0. The molecule has 2 atom stereocenters. The molecule has 0 aromatic rings. The number of aliphatic hydroxyl groups excluding tert-OH is 1. The van der Waals surface area contributed by atoms with Crippen molar-refractivity contribution in [3.63, 3.8) is 0 Å². The lowest BCUT2D eigenvalue weighted by Gasteiger charge is -2.21. The van der Waals surface area contributed by atoms with E-state index in [-0.39, 0.29) is 12.3 Å². The predicted octanol–water partition coefficient (Wildman–Crippen LogP) is 12.6. The molecule has 0 aliphatic carbocycles. The van der Waals surface area contributed by atoms with E-state index < -0.39 is 28.0 Å². The van der Waals surface area contributed by atoms with Gasteiger partial charge in [0, 0.05) is 6.42 Å². The van der Waals surface area contributed by atoms with Crippen molar-refractivity contribution in [1.82, 2.24) is 5.32 Å². The van der Waals surface area contributed by atoms with Crippen LogP contribution in [0.15, 0.2) is 72.9 Å². The first-order valence-corrected chi connectivity index (χ1v) is 22.7. The molecule has 0 saturated heterocycles. The molecule has 0 bridgehead atoms. The molecule has 52 heavy (non-hydrogen) atoms. The van der Waals surface area contributed by atoms with Gasteiger partial charge in [-0.3, -0.25) is 9.35 Å². The number of allylic oxidation sites excluding steroid dienone is 11. The van der Waals surface area contributed by atoms with E-state index in [9.17, 15) is 22.9 Å². The lowest BCUT2D eigenvalue weighted by atomic mass is 10.1. The molecule has 0 fully saturated rings. The quantitative estimate of drug-likeness (QED) is 0.0334. The molecule has 6 nitrogen and oxygen atoms in total. The van der Waals surface area contributed by atoms with Gasteiger partial charge in [-0.05, 0) is 70.6 Å². The van der Waals surface area contributed by atoms with E-state index in [1.54, 1.807) is 0 Å². The van der Waals surface area contributed by atoms with Crippen LogP contribution in [0.2, 0.25) is 0 Å². The van der Waals surface area contributed by atoms with Gasteiger partial charge >= 0.3 is 0 Å². The third-order valence-electron chi connectivity index (χ3n) is 9.12. The summed E-state index contributed by atoms with van der Waals surface area (Å²) in [6, 6.07) is -1.08. The smallest absolute Gasteiger partial charge is 0.267 e. The minimum absolute atomic E-state index is 0.275. The molecular weight excluding hydrogens is 667 g/mol. The Kier molecular flexibility index (Phi) is 36.9. The Labute approximate surface area is 321 Å². The third-order valence-corrected chi connectivity index (χ3v) is 9.90. The zero-order chi connectivity index (χ0) is 38.2. The minimum atomic E-state index is -4.36. The van der Waals surface area contributed by atoms with Crippen molar-refractivity contribution in [2.75, 3.05) is 5.75 Å². The Bertz CT molecular complexity index is 1090. The minimum Gasteiger partial charge on any atom is -0.387 e. The average molecular weight is 746 g/mol. The number of aliphatic hydroxyl groups is 1. The van der Waals surface area contributed by atoms with Crippen molar-refractivity contribution in [3.8, 4) is 0 Å². The number of carbonyl (C=O) groups excluding carboxylic acids is 1. The highest BCUT2D eigenvalue weighted by Crippen LogP contribution is 2.13. The van der Waals surface area contributed by atoms with Crippen LogP contribution in [-0.2, 0) is 14.9 Å². The van der Waals surface area contributed by atoms with E-state index >= 15 is 0 Å². The van der Waals surface area contributed by atoms with Crippen molar-refractivity contribution < 1.29 is 22.9 Å². The van der Waals surface area contributed by atoms with E-state index in [2.05, 4.69) is 79.9 Å². The van der Waals surface area contributed by atoms with E-state index in [0.29, 0.717) is 12.8 Å². The molecule has 3 N–H and O–H groups in total. The van der Waals surface area contributed by atoms with Gasteiger partial charge in [0.2, 0.25) is 5.91 Å². The van der Waals surface area contributed by atoms with Crippen LogP contribution in [0.25, 0.3) is 0 Å². The second kappa shape index (κ2) is 38.5. The topological polar surface area (TPSA) is 104 Å². The number of nitrogens with one attached hydrogen (secondary N) is 1. The molecule has 0 radical (unpaired) electrons. The number of rotatable bonds is 37. The summed E-state index contributed by atoms with van der Waals surface area (Å²) in [6.07, 6.45) is 54.6. The van der Waals surface area contributed by atoms with Crippen LogP contribution >= 0.6 is 0 Å². The highest BCUT2D eigenvalue weighted by molar-refractivity contribution is 7.85. The summed E-state index contributed by atoms with van der Waals surface area (Å²) in [5, 5.41) is 13.2. The van der Waals surface area contributed by atoms with Gasteiger partial charge in [0.1, 0.15) is 0 Å². The molecular formula is C45H79NO5S. The first kappa shape index (κ1) is 49.8. The van der Waals surface area contributed by atoms with Gasteiger partial charge in [0.25, 0.3) is 10.1 Å². The number of hydrogen-bond donors (Lipinski definition) is 3. The monoisotopic (exact) mass is 746 g/mol. The largest absolute Gasteiger partial charge is 0.387 e. The van der Waals surface area contributed by atoms with Crippen molar-refractivity contribution >= 4 is 16.0 Å². The standard InChI is InChI=1S/C45H79NO5S/c1-3-5-7-9-11-13-15-17-19-21-22-23-24-25-27-29-31-33-35-37-39-41-45(48)46-43(42-52(49,50)51)44(47)40-38-36-34-32-30-28-26-20-18-16-14-12-10-8-6-4-2/h5,7,11,13,17,19,22-23,30,32,38,40,43-44,47H,3-4,6,8-10,12,14-16,18,20-21,24-29,31,33-37,39,41-42H2,1-2H3,(H,46,48)(H,49,50,51)/b7-5-,13-11-,19-17-,23-22-,32-30+,40-38+. The van der Waals surface area contributed by atoms with Crippen molar-refractivity contribution in [1.29, 1.82) is 0 Å². The summed E-state index contributed by atoms with van der Waals surface area (Å²) in [4.78, 5) is 12.5. The van der Waals surface area contributed by atoms with Crippen molar-refractivity contribution in [2.24, 2.45) is 0 Å². The molecule has 0 aromatic heterocycles. The van der Waals surface area contributed by atoms with Crippen LogP contribution in [0, 0.1) is 0 Å². The fourth-order valence-corrected chi connectivity index (χ4v) is 6.72. The van der Waals surface area contributed by atoms with E-state index in [0.717, 1.165) is 64.2 Å². The van der Waals surface area contributed by atoms with E-state index in [4.69, 9.17) is 0 Å². The van der Waals surface area contributed by atoms with Gasteiger partial charge in [-0.15, -0.1) is 0 Å². The van der Waals surface area contributed by atoms with Crippen molar-refractivity contribution in [2.45, 2.75) is 199 Å². The van der Waals surface area contributed by atoms with Crippen LogP contribution in [0.4, 0.5) is 0 Å². The third kappa shape index (κ3) is 39.0. The second-order valence-corrected chi connectivity index (χ2v) is 15.7. The van der Waals surface area contributed by atoms with Crippen LogP contribution in [0.5, 0.6) is 0 Å². The van der Waals surface area contributed by atoms with E-state index in [1.807, 2.05) is 6.08 Å². The predicted molar refractivity (Wildman–Crippen MR) is 225 cm³/mol. The molecule has 7 heteroatoms. The molecule has 0 saturated carbocycles. The zero-order valence-corrected chi connectivity index (χ0v) is 34.2. The Balaban J connectivity index is 3.97. The van der Waals surface area contributed by atoms with Gasteiger partial charge < -0.3 is 10.4 Å². The van der Waals surface area contributed by atoms with Gasteiger partial charge in [-0.1, -0.05) is 183 Å². The number of unbranched alkanes of at least 4 members (excludes halogenated alkanes) is 19. The molecule has 1 amide bonds. The highest BCUT2D eigenvalue weighted by atomic mass is 32.2. The summed E-state index contributed by atoms with van der Waals surface area (Å²) in [7, 11) is -4.36. The van der Waals surface area contributed by atoms with Crippen LogP contribution in [-0.4, -0.2) is 41.9 Å². The first-order chi connectivity index (χ1) is 25.3. The Morgan fingerprint density at radius 3 is 1.44 bits per heavy atom. The number of amides is 1. The van der Waals surface area contributed by atoms with Gasteiger partial charge in [0.05, 0.1) is 17.9 Å². The second-order valence-electron chi connectivity index (χ2n) is 14.2. The lowest BCUT2D eigenvalue weighted by molar-refractivity contribution is -0.122. The Hall–Kier alpha value is -2.22. The average Bonchev–Trinajstić information content (AvgIpc) is 3.11. The van der Waals surface area contributed by atoms with Crippen molar-refractivity contribution in [3.05, 3.63) is 72.9 Å². The molecule has 2 unspecified atom stereocenters. The molecule has 300 valence electrons. The van der Waals surface area contributed by atoms with Crippen LogP contribution in [0.1, 0.15) is 187 Å². The van der Waals surface area contributed by atoms with Gasteiger partial charge in [-0.2, -0.15) is 8.42 Å². The highest BCUT2D eigenvalue weighted by Gasteiger charge is 2.24. The van der Waals surface area contributed by atoms with E-state index in [1.165, 1.54) is 96.0 Å². The first-order valence-electron chi connectivity index (χ1n) is 21.1. The molecule has 0 aromatic carbocycles. The summed E-state index contributed by atoms with van der Waals surface area (Å²) >= 11 is 0. The summed E-state index contributed by atoms with van der Waals surface area (Å²) in [6.45, 7) is 4.41.